The van der Waals surface area contributed by atoms with Crippen LogP contribution < -0.4 is 5.32 Å². The Morgan fingerprint density at radius 1 is 1.47 bits per heavy atom. The summed E-state index contributed by atoms with van der Waals surface area (Å²) in [5.74, 6) is -1.43. The standard InChI is InChI=1S/C12H22N2O3/c1-4-10-6-5-9(3)14(10)12(17)13-7-8(2)11(15)16/h8-10H,4-7H2,1-3H3,(H,13,17)(H,15,16). The van der Waals surface area contributed by atoms with E-state index in [4.69, 9.17) is 5.11 Å². The molecule has 2 amide bonds. The van der Waals surface area contributed by atoms with Crippen LogP contribution in [-0.4, -0.2) is 40.6 Å². The molecule has 0 saturated carbocycles. The maximum absolute atomic E-state index is 12.0. The number of carboxylic acid groups (broad SMARTS) is 1. The largest absolute Gasteiger partial charge is 0.481 e. The molecule has 1 aliphatic rings. The average Bonchev–Trinajstić information content (AvgIpc) is 2.66. The Balaban J connectivity index is 2.49. The fourth-order valence-corrected chi connectivity index (χ4v) is 2.26. The Kier molecular flexibility index (Phi) is 4.78. The zero-order chi connectivity index (χ0) is 13.0. The van der Waals surface area contributed by atoms with Gasteiger partial charge in [-0.05, 0) is 26.2 Å². The van der Waals surface area contributed by atoms with E-state index in [2.05, 4.69) is 12.2 Å². The van der Waals surface area contributed by atoms with Crippen molar-refractivity contribution < 1.29 is 14.7 Å². The average molecular weight is 242 g/mol. The van der Waals surface area contributed by atoms with Crippen LogP contribution in [0, 0.1) is 5.92 Å². The van der Waals surface area contributed by atoms with Crippen LogP contribution in [-0.2, 0) is 4.79 Å². The normalized spacial score (nSPS) is 25.7. The third kappa shape index (κ3) is 3.35. The summed E-state index contributed by atoms with van der Waals surface area (Å²) in [5, 5.41) is 11.5. The maximum Gasteiger partial charge on any atom is 0.317 e. The third-order valence-electron chi connectivity index (χ3n) is 3.47. The first-order chi connectivity index (χ1) is 7.97. The zero-order valence-electron chi connectivity index (χ0n) is 10.8. The van der Waals surface area contributed by atoms with Crippen LogP contribution in [0.3, 0.4) is 0 Å². The number of nitrogens with one attached hydrogen (secondary N) is 1. The Hall–Kier alpha value is -1.26. The van der Waals surface area contributed by atoms with Crippen LogP contribution in [0.15, 0.2) is 0 Å². The molecule has 98 valence electrons. The van der Waals surface area contributed by atoms with Gasteiger partial charge in [-0.1, -0.05) is 13.8 Å². The molecule has 0 aromatic carbocycles. The third-order valence-corrected chi connectivity index (χ3v) is 3.47. The Labute approximate surface area is 102 Å². The molecule has 1 aliphatic heterocycles. The molecule has 0 radical (unpaired) electrons. The number of carbonyl (C=O) groups excluding carboxylic acids is 1. The van der Waals surface area contributed by atoms with Gasteiger partial charge in [-0.2, -0.15) is 0 Å². The van der Waals surface area contributed by atoms with E-state index in [0.29, 0.717) is 6.04 Å². The number of carbonyl (C=O) groups is 2. The van der Waals surface area contributed by atoms with Gasteiger partial charge >= 0.3 is 12.0 Å². The molecule has 17 heavy (non-hydrogen) atoms. The molecular weight excluding hydrogens is 220 g/mol. The summed E-state index contributed by atoms with van der Waals surface area (Å²) in [6.45, 7) is 5.89. The molecule has 0 spiro atoms. The lowest BCUT2D eigenvalue weighted by Crippen LogP contribution is -2.47. The summed E-state index contributed by atoms with van der Waals surface area (Å²) >= 11 is 0. The van der Waals surface area contributed by atoms with Crippen molar-refractivity contribution in [3.05, 3.63) is 0 Å². The van der Waals surface area contributed by atoms with Crippen LogP contribution >= 0.6 is 0 Å². The van der Waals surface area contributed by atoms with Crippen LogP contribution in [0.2, 0.25) is 0 Å². The van der Waals surface area contributed by atoms with Gasteiger partial charge in [-0.25, -0.2) is 4.79 Å². The van der Waals surface area contributed by atoms with E-state index in [-0.39, 0.29) is 18.6 Å². The highest BCUT2D eigenvalue weighted by Crippen LogP contribution is 2.25. The fraction of sp³-hybridized carbons (Fsp3) is 0.833. The Bertz CT molecular complexity index is 293. The van der Waals surface area contributed by atoms with Crippen LogP contribution in [0.1, 0.15) is 40.0 Å². The number of hydrogen-bond donors (Lipinski definition) is 2. The molecule has 2 N–H and O–H groups in total. The van der Waals surface area contributed by atoms with Crippen molar-refractivity contribution in [3.63, 3.8) is 0 Å². The number of urea groups is 1. The van der Waals surface area contributed by atoms with Crippen LogP contribution in [0.4, 0.5) is 4.79 Å². The number of amides is 2. The maximum atomic E-state index is 12.0. The highest BCUT2D eigenvalue weighted by Gasteiger charge is 2.33. The molecular formula is C12H22N2O3. The van der Waals surface area contributed by atoms with Gasteiger partial charge in [0.15, 0.2) is 0 Å². The predicted octanol–water partition coefficient (Wildman–Crippen LogP) is 1.68. The highest BCUT2D eigenvalue weighted by molar-refractivity contribution is 5.76. The molecule has 0 aromatic rings. The zero-order valence-corrected chi connectivity index (χ0v) is 10.8. The number of nitrogens with zero attached hydrogens (tertiary/aromatic N) is 1. The van der Waals surface area contributed by atoms with Gasteiger partial charge in [0.1, 0.15) is 0 Å². The summed E-state index contributed by atoms with van der Waals surface area (Å²) in [5.41, 5.74) is 0. The second-order valence-corrected chi connectivity index (χ2v) is 4.82. The lowest BCUT2D eigenvalue weighted by molar-refractivity contribution is -0.140. The molecule has 3 atom stereocenters. The predicted molar refractivity (Wildman–Crippen MR) is 64.8 cm³/mol. The topological polar surface area (TPSA) is 69.6 Å². The molecule has 1 fully saturated rings. The minimum atomic E-state index is -0.883. The first-order valence-corrected chi connectivity index (χ1v) is 6.26. The second kappa shape index (κ2) is 5.89. The van der Waals surface area contributed by atoms with E-state index in [1.807, 2.05) is 11.8 Å². The van der Waals surface area contributed by atoms with E-state index in [1.54, 1.807) is 6.92 Å². The van der Waals surface area contributed by atoms with Crippen molar-refractivity contribution in [2.45, 2.75) is 52.1 Å². The van der Waals surface area contributed by atoms with E-state index < -0.39 is 11.9 Å². The van der Waals surface area contributed by atoms with Crippen LogP contribution in [0.25, 0.3) is 0 Å². The molecule has 1 saturated heterocycles. The number of likely N-dealkylation sites (tertiary alicyclic amines) is 1. The minimum absolute atomic E-state index is 0.130. The van der Waals surface area contributed by atoms with Crippen molar-refractivity contribution in [1.82, 2.24) is 10.2 Å². The number of hydrogen-bond acceptors (Lipinski definition) is 2. The van der Waals surface area contributed by atoms with Crippen molar-refractivity contribution in [2.24, 2.45) is 5.92 Å². The SMILES string of the molecule is CCC1CCC(C)N1C(=O)NCC(C)C(=O)O. The fourth-order valence-electron chi connectivity index (χ4n) is 2.26. The highest BCUT2D eigenvalue weighted by atomic mass is 16.4. The van der Waals surface area contributed by atoms with Gasteiger partial charge in [-0.15, -0.1) is 0 Å². The number of carboxylic acids is 1. The molecule has 5 heteroatoms. The summed E-state index contributed by atoms with van der Waals surface area (Å²) in [7, 11) is 0. The molecule has 0 bridgehead atoms. The van der Waals surface area contributed by atoms with Crippen LogP contribution in [0.5, 0.6) is 0 Å². The van der Waals surface area contributed by atoms with Crippen molar-refractivity contribution >= 4 is 12.0 Å². The molecule has 3 unspecified atom stereocenters. The minimum Gasteiger partial charge on any atom is -0.481 e. The van der Waals surface area contributed by atoms with Gasteiger partial charge < -0.3 is 15.3 Å². The molecule has 0 aromatic heterocycles. The van der Waals surface area contributed by atoms with Crippen molar-refractivity contribution in [3.8, 4) is 0 Å². The van der Waals surface area contributed by atoms with Crippen molar-refractivity contribution in [2.75, 3.05) is 6.54 Å². The van der Waals surface area contributed by atoms with Gasteiger partial charge in [0.25, 0.3) is 0 Å². The van der Waals surface area contributed by atoms with Gasteiger partial charge in [0.2, 0.25) is 0 Å². The summed E-state index contributed by atoms with van der Waals surface area (Å²) in [4.78, 5) is 24.5. The molecule has 1 rings (SSSR count). The van der Waals surface area contributed by atoms with E-state index in [1.165, 1.54) is 0 Å². The van der Waals surface area contributed by atoms with Gasteiger partial charge in [0.05, 0.1) is 5.92 Å². The van der Waals surface area contributed by atoms with Gasteiger partial charge in [-0.3, -0.25) is 4.79 Å². The quantitative estimate of drug-likeness (QED) is 0.788. The number of aliphatic carboxylic acids is 1. The monoisotopic (exact) mass is 242 g/mol. The molecule has 1 heterocycles. The lowest BCUT2D eigenvalue weighted by Gasteiger charge is -2.28. The van der Waals surface area contributed by atoms with Crippen molar-refractivity contribution in [1.29, 1.82) is 0 Å². The van der Waals surface area contributed by atoms with E-state index in [9.17, 15) is 9.59 Å². The summed E-state index contributed by atoms with van der Waals surface area (Å²) < 4.78 is 0. The van der Waals surface area contributed by atoms with E-state index in [0.717, 1.165) is 19.3 Å². The molecule has 0 aliphatic carbocycles. The Morgan fingerprint density at radius 3 is 2.65 bits per heavy atom. The Morgan fingerprint density at radius 2 is 2.12 bits per heavy atom. The van der Waals surface area contributed by atoms with Gasteiger partial charge in [0, 0.05) is 18.6 Å². The smallest absolute Gasteiger partial charge is 0.317 e. The number of rotatable bonds is 4. The summed E-state index contributed by atoms with van der Waals surface area (Å²) in [6, 6.07) is 0.417. The summed E-state index contributed by atoms with van der Waals surface area (Å²) in [6.07, 6.45) is 3.02. The first-order valence-electron chi connectivity index (χ1n) is 6.26. The molecule has 5 nitrogen and oxygen atoms in total. The van der Waals surface area contributed by atoms with E-state index >= 15 is 0 Å². The lowest BCUT2D eigenvalue weighted by atomic mass is 10.1. The first kappa shape index (κ1) is 13.8. The second-order valence-electron chi connectivity index (χ2n) is 4.82.